The lowest BCUT2D eigenvalue weighted by atomic mass is 10.1. The van der Waals surface area contributed by atoms with Gasteiger partial charge in [-0.1, -0.05) is 49.4 Å². The van der Waals surface area contributed by atoms with Crippen molar-refractivity contribution < 1.29 is 4.79 Å². The van der Waals surface area contributed by atoms with Crippen molar-refractivity contribution in [2.45, 2.75) is 19.9 Å². The van der Waals surface area contributed by atoms with E-state index in [1.165, 1.54) is 5.56 Å². The monoisotopic (exact) mass is 332 g/mol. The highest BCUT2D eigenvalue weighted by atomic mass is 16.1. The van der Waals surface area contributed by atoms with Crippen molar-refractivity contribution in [2.75, 3.05) is 10.6 Å². The zero-order valence-corrected chi connectivity index (χ0v) is 14.1. The normalized spacial score (nSPS) is 10.3. The van der Waals surface area contributed by atoms with Gasteiger partial charge in [0.05, 0.1) is 0 Å². The van der Waals surface area contributed by atoms with Crippen molar-refractivity contribution in [2.24, 2.45) is 0 Å². The number of anilines is 2. The first-order valence-corrected chi connectivity index (χ1v) is 8.25. The number of aryl methyl sites for hydroxylation is 1. The molecule has 5 nitrogen and oxygen atoms in total. The zero-order chi connectivity index (χ0) is 17.5. The summed E-state index contributed by atoms with van der Waals surface area (Å²) in [6.45, 7) is 2.70. The van der Waals surface area contributed by atoms with Crippen molar-refractivity contribution in [3.8, 4) is 0 Å². The highest BCUT2D eigenvalue weighted by molar-refractivity contribution is 6.02. The summed E-state index contributed by atoms with van der Waals surface area (Å²) in [4.78, 5) is 20.8. The minimum atomic E-state index is -0.255. The molecule has 25 heavy (non-hydrogen) atoms. The third-order valence-corrected chi connectivity index (χ3v) is 3.80. The van der Waals surface area contributed by atoms with E-state index in [1.807, 2.05) is 54.6 Å². The summed E-state index contributed by atoms with van der Waals surface area (Å²) in [5.74, 6) is 0.173. The van der Waals surface area contributed by atoms with E-state index in [2.05, 4.69) is 27.5 Å². The van der Waals surface area contributed by atoms with Crippen molar-refractivity contribution in [3.05, 3.63) is 83.7 Å². The van der Waals surface area contributed by atoms with E-state index in [9.17, 15) is 4.79 Å². The smallest absolute Gasteiger partial charge is 0.274 e. The van der Waals surface area contributed by atoms with Crippen LogP contribution in [0.5, 0.6) is 0 Å². The van der Waals surface area contributed by atoms with Gasteiger partial charge in [0, 0.05) is 18.4 Å². The lowest BCUT2D eigenvalue weighted by Gasteiger charge is -2.08. The molecule has 3 aromatic rings. The van der Waals surface area contributed by atoms with E-state index in [0.29, 0.717) is 18.2 Å². The molecule has 3 rings (SSSR count). The maximum Gasteiger partial charge on any atom is 0.274 e. The summed E-state index contributed by atoms with van der Waals surface area (Å²) >= 11 is 0. The van der Waals surface area contributed by atoms with Crippen LogP contribution in [0.3, 0.4) is 0 Å². The molecule has 1 heterocycles. The van der Waals surface area contributed by atoms with E-state index in [-0.39, 0.29) is 5.91 Å². The number of nitrogens with one attached hydrogen (secondary N) is 2. The van der Waals surface area contributed by atoms with Crippen LogP contribution in [0.15, 0.2) is 66.9 Å². The average Bonchev–Trinajstić information content (AvgIpc) is 2.68. The third-order valence-electron chi connectivity index (χ3n) is 3.80. The van der Waals surface area contributed by atoms with Crippen molar-refractivity contribution >= 4 is 17.5 Å². The second kappa shape index (κ2) is 8.06. The van der Waals surface area contributed by atoms with Crippen LogP contribution in [0.2, 0.25) is 0 Å². The van der Waals surface area contributed by atoms with Gasteiger partial charge in [-0.3, -0.25) is 4.79 Å². The Hall–Kier alpha value is -3.21. The summed E-state index contributed by atoms with van der Waals surface area (Å²) in [7, 11) is 0. The molecule has 0 spiro atoms. The number of carbonyl (C=O) groups excluding carboxylic acids is 1. The van der Waals surface area contributed by atoms with Crippen LogP contribution >= 0.6 is 0 Å². The van der Waals surface area contributed by atoms with Crippen molar-refractivity contribution in [3.63, 3.8) is 0 Å². The second-order valence-electron chi connectivity index (χ2n) is 5.61. The third kappa shape index (κ3) is 4.64. The molecule has 5 heteroatoms. The van der Waals surface area contributed by atoms with Crippen LogP contribution in [0.25, 0.3) is 0 Å². The van der Waals surface area contributed by atoms with Gasteiger partial charge in [-0.15, -0.1) is 0 Å². The van der Waals surface area contributed by atoms with E-state index in [0.717, 1.165) is 17.7 Å². The zero-order valence-electron chi connectivity index (χ0n) is 14.1. The van der Waals surface area contributed by atoms with Gasteiger partial charge in [-0.25, -0.2) is 9.97 Å². The first-order chi connectivity index (χ1) is 12.2. The fourth-order valence-corrected chi connectivity index (χ4v) is 2.37. The maximum absolute atomic E-state index is 12.4. The Morgan fingerprint density at radius 3 is 2.44 bits per heavy atom. The Balaban J connectivity index is 1.64. The summed E-state index contributed by atoms with van der Waals surface area (Å²) in [6.07, 6.45) is 2.55. The van der Waals surface area contributed by atoms with Crippen molar-refractivity contribution in [1.82, 2.24) is 9.97 Å². The van der Waals surface area contributed by atoms with Crippen LogP contribution in [0.1, 0.15) is 28.5 Å². The molecule has 0 aliphatic heterocycles. The highest BCUT2D eigenvalue weighted by Gasteiger charge is 2.09. The van der Waals surface area contributed by atoms with E-state index < -0.39 is 0 Å². The number of nitrogens with zero attached hydrogens (tertiary/aromatic N) is 2. The second-order valence-corrected chi connectivity index (χ2v) is 5.61. The van der Waals surface area contributed by atoms with Gasteiger partial charge in [-0.2, -0.15) is 0 Å². The number of hydrogen-bond acceptors (Lipinski definition) is 4. The molecule has 0 aliphatic rings. The molecular weight excluding hydrogens is 312 g/mol. The Labute approximate surface area is 147 Å². The van der Waals surface area contributed by atoms with Gasteiger partial charge < -0.3 is 10.6 Å². The van der Waals surface area contributed by atoms with Gasteiger partial charge in [0.25, 0.3) is 5.91 Å². The first kappa shape index (κ1) is 16.6. The van der Waals surface area contributed by atoms with Crippen LogP contribution in [-0.2, 0) is 13.0 Å². The summed E-state index contributed by atoms with van der Waals surface area (Å²) < 4.78 is 0. The number of hydrogen-bond donors (Lipinski definition) is 2. The highest BCUT2D eigenvalue weighted by Crippen LogP contribution is 2.12. The van der Waals surface area contributed by atoms with Crippen LogP contribution in [0, 0.1) is 0 Å². The van der Waals surface area contributed by atoms with Crippen LogP contribution in [0.4, 0.5) is 11.6 Å². The molecule has 0 aliphatic carbocycles. The lowest BCUT2D eigenvalue weighted by Crippen LogP contribution is -2.15. The van der Waals surface area contributed by atoms with E-state index in [1.54, 1.807) is 12.3 Å². The summed E-state index contributed by atoms with van der Waals surface area (Å²) in [6, 6.07) is 19.4. The molecule has 0 unspecified atom stereocenters. The quantitative estimate of drug-likeness (QED) is 0.718. The first-order valence-electron chi connectivity index (χ1n) is 8.25. The lowest BCUT2D eigenvalue weighted by molar-refractivity contribution is 0.102. The Morgan fingerprint density at radius 1 is 0.960 bits per heavy atom. The number of rotatable bonds is 6. The standard InChI is InChI=1S/C20H20N4O/c1-2-15-8-10-17(11-9-15)23-19(25)18-12-13-21-20(24-18)22-14-16-6-4-3-5-7-16/h3-13H,2,14H2,1H3,(H,23,25)(H,21,22,24). The molecule has 0 fully saturated rings. The SMILES string of the molecule is CCc1ccc(NC(=O)c2ccnc(NCc3ccccc3)n2)cc1. The molecule has 0 atom stereocenters. The molecule has 0 saturated heterocycles. The summed E-state index contributed by atoms with van der Waals surface area (Å²) in [5.41, 5.74) is 3.43. The predicted molar refractivity (Wildman–Crippen MR) is 99.6 cm³/mol. The number of carbonyl (C=O) groups is 1. The van der Waals surface area contributed by atoms with Gasteiger partial charge >= 0.3 is 0 Å². The molecule has 0 bridgehead atoms. The fraction of sp³-hybridized carbons (Fsp3) is 0.150. The Kier molecular flexibility index (Phi) is 5.36. The topological polar surface area (TPSA) is 66.9 Å². The molecule has 126 valence electrons. The fourth-order valence-electron chi connectivity index (χ4n) is 2.37. The molecule has 1 amide bonds. The minimum absolute atomic E-state index is 0.255. The van der Waals surface area contributed by atoms with Crippen molar-refractivity contribution in [1.29, 1.82) is 0 Å². The van der Waals surface area contributed by atoms with Crippen LogP contribution in [-0.4, -0.2) is 15.9 Å². The molecular formula is C20H20N4O. The van der Waals surface area contributed by atoms with Gasteiger partial charge in [0.1, 0.15) is 5.69 Å². The summed E-state index contributed by atoms with van der Waals surface area (Å²) in [5, 5.41) is 5.99. The van der Waals surface area contributed by atoms with Gasteiger partial charge in [0.2, 0.25) is 5.95 Å². The van der Waals surface area contributed by atoms with Gasteiger partial charge in [0.15, 0.2) is 0 Å². The van der Waals surface area contributed by atoms with E-state index >= 15 is 0 Å². The molecule has 2 N–H and O–H groups in total. The molecule has 2 aromatic carbocycles. The Morgan fingerprint density at radius 2 is 1.72 bits per heavy atom. The van der Waals surface area contributed by atoms with E-state index in [4.69, 9.17) is 0 Å². The molecule has 0 radical (unpaired) electrons. The Bertz CT molecular complexity index is 832. The predicted octanol–water partition coefficient (Wildman–Crippen LogP) is 3.90. The number of amides is 1. The van der Waals surface area contributed by atoms with Crippen LogP contribution < -0.4 is 10.6 Å². The molecule has 1 aromatic heterocycles. The molecule has 0 saturated carbocycles. The maximum atomic E-state index is 12.4. The largest absolute Gasteiger partial charge is 0.350 e. The van der Waals surface area contributed by atoms with Gasteiger partial charge in [-0.05, 0) is 35.7 Å². The number of benzene rings is 2. The average molecular weight is 332 g/mol. The minimum Gasteiger partial charge on any atom is -0.350 e. The number of aromatic nitrogens is 2.